The standard InChI is InChI=1S/C17H26N2O2/c1-16(2)10-14(21-15(18)20)11-17(3,4)19(16)12-13-8-6-5-7-9-13/h5-9,14H,10-12H2,1-4H3,(H2,18,20). The Bertz CT molecular complexity index is 479. The van der Waals surface area contributed by atoms with Gasteiger partial charge in [0, 0.05) is 30.5 Å². The minimum atomic E-state index is -0.678. The second-order valence-corrected chi connectivity index (χ2v) is 7.16. The Morgan fingerprint density at radius 2 is 1.71 bits per heavy atom. The quantitative estimate of drug-likeness (QED) is 0.929. The maximum absolute atomic E-state index is 11.0. The van der Waals surface area contributed by atoms with E-state index in [1.54, 1.807) is 0 Å². The predicted molar refractivity (Wildman–Crippen MR) is 83.8 cm³/mol. The van der Waals surface area contributed by atoms with Gasteiger partial charge in [0.05, 0.1) is 0 Å². The predicted octanol–water partition coefficient (Wildman–Crippen LogP) is 3.30. The van der Waals surface area contributed by atoms with Gasteiger partial charge < -0.3 is 10.5 Å². The lowest BCUT2D eigenvalue weighted by atomic mass is 9.77. The summed E-state index contributed by atoms with van der Waals surface area (Å²) >= 11 is 0. The zero-order valence-electron chi connectivity index (χ0n) is 13.4. The van der Waals surface area contributed by atoms with Crippen molar-refractivity contribution in [2.75, 3.05) is 0 Å². The molecule has 1 heterocycles. The van der Waals surface area contributed by atoms with Crippen molar-refractivity contribution in [2.45, 2.75) is 64.3 Å². The van der Waals surface area contributed by atoms with Gasteiger partial charge in [-0.05, 0) is 33.3 Å². The lowest BCUT2D eigenvalue weighted by Crippen LogP contribution is -2.61. The summed E-state index contributed by atoms with van der Waals surface area (Å²) in [5, 5.41) is 0. The van der Waals surface area contributed by atoms with Crippen LogP contribution in [0.25, 0.3) is 0 Å². The number of hydrogen-bond donors (Lipinski definition) is 1. The molecule has 0 atom stereocenters. The van der Waals surface area contributed by atoms with E-state index in [4.69, 9.17) is 10.5 Å². The highest BCUT2D eigenvalue weighted by Gasteiger charge is 2.46. The molecule has 0 radical (unpaired) electrons. The van der Waals surface area contributed by atoms with Crippen molar-refractivity contribution in [3.8, 4) is 0 Å². The highest BCUT2D eigenvalue weighted by Crippen LogP contribution is 2.40. The van der Waals surface area contributed by atoms with E-state index in [0.29, 0.717) is 0 Å². The molecule has 0 aliphatic carbocycles. The molecular weight excluding hydrogens is 264 g/mol. The molecule has 0 spiro atoms. The minimum Gasteiger partial charge on any atom is -0.446 e. The summed E-state index contributed by atoms with van der Waals surface area (Å²) < 4.78 is 5.27. The molecule has 0 aromatic heterocycles. The Morgan fingerprint density at radius 1 is 1.19 bits per heavy atom. The molecule has 116 valence electrons. The number of amides is 1. The molecule has 4 heteroatoms. The second-order valence-electron chi connectivity index (χ2n) is 7.16. The van der Waals surface area contributed by atoms with Gasteiger partial charge in [0.25, 0.3) is 0 Å². The van der Waals surface area contributed by atoms with Gasteiger partial charge in [-0.15, -0.1) is 0 Å². The average molecular weight is 290 g/mol. The molecule has 2 N–H and O–H groups in total. The molecule has 0 unspecified atom stereocenters. The highest BCUT2D eigenvalue weighted by molar-refractivity contribution is 5.64. The summed E-state index contributed by atoms with van der Waals surface area (Å²) in [6, 6.07) is 10.5. The van der Waals surface area contributed by atoms with E-state index in [2.05, 4.69) is 56.9 Å². The molecule has 4 nitrogen and oxygen atoms in total. The number of rotatable bonds is 3. The second kappa shape index (κ2) is 5.68. The van der Waals surface area contributed by atoms with Gasteiger partial charge in [-0.2, -0.15) is 0 Å². The number of benzene rings is 1. The van der Waals surface area contributed by atoms with Crippen LogP contribution in [0.15, 0.2) is 30.3 Å². The number of ether oxygens (including phenoxy) is 1. The number of piperidine rings is 1. The van der Waals surface area contributed by atoms with Gasteiger partial charge in [0.1, 0.15) is 6.10 Å². The van der Waals surface area contributed by atoms with Crippen LogP contribution in [0.1, 0.15) is 46.1 Å². The molecule has 1 saturated heterocycles. The SMILES string of the molecule is CC1(C)CC(OC(N)=O)CC(C)(C)N1Cc1ccccc1. The maximum atomic E-state index is 11.0. The fourth-order valence-corrected chi connectivity index (χ4v) is 3.67. The number of carbonyl (C=O) groups is 1. The van der Waals surface area contributed by atoms with Crippen molar-refractivity contribution < 1.29 is 9.53 Å². The molecule has 1 amide bonds. The Labute approximate surface area is 127 Å². The van der Waals surface area contributed by atoms with Gasteiger partial charge in [0.2, 0.25) is 0 Å². The third-order valence-corrected chi connectivity index (χ3v) is 4.38. The van der Waals surface area contributed by atoms with Crippen molar-refractivity contribution in [1.29, 1.82) is 0 Å². The van der Waals surface area contributed by atoms with E-state index in [1.807, 2.05) is 6.07 Å². The van der Waals surface area contributed by atoms with Gasteiger partial charge >= 0.3 is 6.09 Å². The van der Waals surface area contributed by atoms with E-state index in [9.17, 15) is 4.79 Å². The van der Waals surface area contributed by atoms with Crippen molar-refractivity contribution in [3.63, 3.8) is 0 Å². The zero-order valence-corrected chi connectivity index (χ0v) is 13.4. The Hall–Kier alpha value is -1.55. The number of primary amides is 1. The highest BCUT2D eigenvalue weighted by atomic mass is 16.6. The van der Waals surface area contributed by atoms with Crippen LogP contribution in [0.4, 0.5) is 4.79 Å². The van der Waals surface area contributed by atoms with Gasteiger partial charge in [-0.25, -0.2) is 4.79 Å². The Morgan fingerprint density at radius 3 is 2.19 bits per heavy atom. The third kappa shape index (κ3) is 3.76. The van der Waals surface area contributed by atoms with Crippen LogP contribution in [-0.4, -0.2) is 28.2 Å². The molecule has 2 rings (SSSR count). The fraction of sp³-hybridized carbons (Fsp3) is 0.588. The monoisotopic (exact) mass is 290 g/mol. The Kier molecular flexibility index (Phi) is 4.28. The Balaban J connectivity index is 2.19. The summed E-state index contributed by atoms with van der Waals surface area (Å²) in [5.74, 6) is 0. The summed E-state index contributed by atoms with van der Waals surface area (Å²) in [5.41, 5.74) is 6.37. The van der Waals surface area contributed by atoms with Crippen LogP contribution in [0, 0.1) is 0 Å². The zero-order chi connectivity index (χ0) is 15.7. The first-order chi connectivity index (χ1) is 9.71. The molecule has 1 aromatic rings. The van der Waals surface area contributed by atoms with Gasteiger partial charge in [0.15, 0.2) is 0 Å². The van der Waals surface area contributed by atoms with E-state index >= 15 is 0 Å². The number of carbonyl (C=O) groups excluding carboxylic acids is 1. The topological polar surface area (TPSA) is 55.6 Å². The summed E-state index contributed by atoms with van der Waals surface area (Å²) in [6.45, 7) is 9.70. The van der Waals surface area contributed by atoms with Crippen LogP contribution in [0.2, 0.25) is 0 Å². The lowest BCUT2D eigenvalue weighted by Gasteiger charge is -2.54. The van der Waals surface area contributed by atoms with Crippen LogP contribution in [0.5, 0.6) is 0 Å². The summed E-state index contributed by atoms with van der Waals surface area (Å²) in [7, 11) is 0. The molecule has 1 aliphatic heterocycles. The van der Waals surface area contributed by atoms with E-state index in [-0.39, 0.29) is 17.2 Å². The molecule has 1 fully saturated rings. The summed E-state index contributed by atoms with van der Waals surface area (Å²) in [4.78, 5) is 13.5. The largest absolute Gasteiger partial charge is 0.446 e. The third-order valence-electron chi connectivity index (χ3n) is 4.38. The first kappa shape index (κ1) is 15.8. The number of nitrogens with two attached hydrogens (primary N) is 1. The van der Waals surface area contributed by atoms with E-state index in [0.717, 1.165) is 19.4 Å². The van der Waals surface area contributed by atoms with Gasteiger partial charge in [-0.1, -0.05) is 30.3 Å². The van der Waals surface area contributed by atoms with Crippen molar-refractivity contribution >= 4 is 6.09 Å². The molecule has 0 saturated carbocycles. The first-order valence-electron chi connectivity index (χ1n) is 7.48. The van der Waals surface area contributed by atoms with Crippen LogP contribution < -0.4 is 5.73 Å². The van der Waals surface area contributed by atoms with E-state index in [1.165, 1.54) is 5.56 Å². The molecule has 21 heavy (non-hydrogen) atoms. The van der Waals surface area contributed by atoms with Crippen LogP contribution in [-0.2, 0) is 11.3 Å². The van der Waals surface area contributed by atoms with Crippen molar-refractivity contribution in [1.82, 2.24) is 4.90 Å². The molecular formula is C17H26N2O2. The molecule has 1 aromatic carbocycles. The van der Waals surface area contributed by atoms with Crippen LogP contribution >= 0.6 is 0 Å². The summed E-state index contributed by atoms with van der Waals surface area (Å²) in [6.07, 6.45) is 0.806. The minimum absolute atomic E-state index is 0.0578. The molecule has 1 aliphatic rings. The number of hydrogen-bond acceptors (Lipinski definition) is 3. The lowest BCUT2D eigenvalue weighted by molar-refractivity contribution is -0.0875. The number of nitrogens with zero attached hydrogens (tertiary/aromatic N) is 1. The molecule has 0 bridgehead atoms. The fourth-order valence-electron chi connectivity index (χ4n) is 3.67. The van der Waals surface area contributed by atoms with Crippen LogP contribution in [0.3, 0.4) is 0 Å². The van der Waals surface area contributed by atoms with Crippen molar-refractivity contribution in [2.24, 2.45) is 5.73 Å². The number of likely N-dealkylation sites (tertiary alicyclic amines) is 1. The average Bonchev–Trinajstić information content (AvgIpc) is 2.33. The maximum Gasteiger partial charge on any atom is 0.404 e. The van der Waals surface area contributed by atoms with E-state index < -0.39 is 6.09 Å². The normalized spacial score (nSPS) is 21.9. The van der Waals surface area contributed by atoms with Crippen molar-refractivity contribution in [3.05, 3.63) is 35.9 Å². The first-order valence-corrected chi connectivity index (χ1v) is 7.48. The van der Waals surface area contributed by atoms with Gasteiger partial charge in [-0.3, -0.25) is 4.90 Å². The smallest absolute Gasteiger partial charge is 0.404 e.